The number of tetrazole rings is 1. The molecule has 2 unspecified atom stereocenters. The van der Waals surface area contributed by atoms with Gasteiger partial charge in [-0.05, 0) is 60.4 Å². The number of aliphatic hydroxyl groups is 1. The molecule has 0 fully saturated rings. The van der Waals surface area contributed by atoms with Gasteiger partial charge in [0.1, 0.15) is 17.6 Å². The third-order valence-corrected chi connectivity index (χ3v) is 8.69. The second-order valence-electron chi connectivity index (χ2n) is 12.5. The Morgan fingerprint density at radius 3 is 2.20 bits per heavy atom. The van der Waals surface area contributed by atoms with Gasteiger partial charge in [-0.15, -0.1) is 10.2 Å². The number of hydrogen-bond acceptors (Lipinski definition) is 17. The van der Waals surface area contributed by atoms with Crippen molar-refractivity contribution in [3.05, 3.63) is 70.8 Å². The van der Waals surface area contributed by atoms with Crippen LogP contribution in [-0.2, 0) is 36.9 Å². The van der Waals surface area contributed by atoms with E-state index in [-0.39, 0.29) is 62.1 Å². The van der Waals surface area contributed by atoms with Crippen molar-refractivity contribution in [1.29, 1.82) is 0 Å². The van der Waals surface area contributed by atoms with Gasteiger partial charge in [0.2, 0.25) is 5.82 Å². The lowest BCUT2D eigenvalue weighted by Gasteiger charge is -2.20. The maximum absolute atomic E-state index is 14.0. The fraction of sp³-hybridized carbons (Fsp3) is 0.486. The lowest BCUT2D eigenvalue weighted by Crippen LogP contribution is -2.43. The summed E-state index contributed by atoms with van der Waals surface area (Å²) in [7, 11) is 0. The molecule has 306 valence electrons. The van der Waals surface area contributed by atoms with E-state index < -0.39 is 29.6 Å². The van der Waals surface area contributed by atoms with Crippen molar-refractivity contribution in [2.45, 2.75) is 83.6 Å². The van der Waals surface area contributed by atoms with E-state index in [9.17, 15) is 14.7 Å². The second-order valence-corrected chi connectivity index (χ2v) is 12.9. The molecule has 2 heterocycles. The van der Waals surface area contributed by atoms with Crippen molar-refractivity contribution in [2.24, 2.45) is 0 Å². The number of imidazole rings is 1. The van der Waals surface area contributed by atoms with Crippen LogP contribution < -0.4 is 5.32 Å². The molecule has 1 amide bonds. The molecule has 21 heteroatoms. The Hall–Kier alpha value is -4.45. The van der Waals surface area contributed by atoms with Gasteiger partial charge in [0.05, 0.1) is 30.6 Å². The topological polar surface area (TPSA) is 263 Å². The third-order valence-electron chi connectivity index (χ3n) is 8.43. The highest BCUT2D eigenvalue weighted by Crippen LogP contribution is 2.30. The number of nitrogens with zero attached hydrogens (tertiary/aromatic N) is 7. The number of ether oxygens (including phenoxy) is 2. The molecule has 0 saturated heterocycles. The summed E-state index contributed by atoms with van der Waals surface area (Å²) in [4.78, 5) is 40.8. The summed E-state index contributed by atoms with van der Waals surface area (Å²) in [5.74, 6) is -0.377. The number of amides is 1. The Bertz CT molecular complexity index is 1760. The van der Waals surface area contributed by atoms with Crippen LogP contribution in [0.2, 0.25) is 5.15 Å². The normalized spacial score (nSPS) is 12.7. The fourth-order valence-corrected chi connectivity index (χ4v) is 5.90. The first-order valence-corrected chi connectivity index (χ1v) is 18.5. The average Bonchev–Trinajstić information content (AvgIpc) is 3.83. The molecule has 2 atom stereocenters. The van der Waals surface area contributed by atoms with E-state index in [0.29, 0.717) is 43.8 Å². The number of unbranched alkanes of at least 4 members (excludes halogenated alkanes) is 3. The van der Waals surface area contributed by atoms with E-state index in [1.807, 2.05) is 55.5 Å². The first-order chi connectivity index (χ1) is 27.1. The van der Waals surface area contributed by atoms with Crippen molar-refractivity contribution in [3.8, 4) is 22.5 Å². The van der Waals surface area contributed by atoms with E-state index in [0.717, 1.165) is 35.1 Å². The number of benzene rings is 2. The number of carbonyl (C=O) groups excluding carboxylic acids is 2. The Labute approximate surface area is 327 Å². The van der Waals surface area contributed by atoms with Gasteiger partial charge in [0.25, 0.3) is 5.91 Å². The van der Waals surface area contributed by atoms with E-state index in [1.54, 1.807) is 4.57 Å². The van der Waals surface area contributed by atoms with Gasteiger partial charge in [-0.2, -0.15) is 5.21 Å². The molecule has 0 aliphatic heterocycles. The largest absolute Gasteiger partial charge is 0.464 e. The maximum atomic E-state index is 14.0. The van der Waals surface area contributed by atoms with Crippen LogP contribution >= 0.6 is 11.6 Å². The summed E-state index contributed by atoms with van der Waals surface area (Å²) in [5.41, 5.74) is 3.54. The highest BCUT2D eigenvalue weighted by molar-refractivity contribution is 6.32. The number of esters is 1. The van der Waals surface area contributed by atoms with Gasteiger partial charge in [-0.1, -0.05) is 73.5 Å². The van der Waals surface area contributed by atoms with Gasteiger partial charge in [-0.3, -0.25) is 35.3 Å². The monoisotopic (exact) mass is 805 g/mol. The van der Waals surface area contributed by atoms with Crippen LogP contribution in [-0.4, -0.2) is 118 Å². The van der Waals surface area contributed by atoms with Crippen molar-refractivity contribution < 1.29 is 54.7 Å². The zero-order valence-corrected chi connectivity index (χ0v) is 31.6. The smallest absolute Gasteiger partial charge is 0.328 e. The van der Waals surface area contributed by atoms with Crippen molar-refractivity contribution in [2.75, 3.05) is 26.4 Å². The number of hydrogen-bond donors (Lipinski definition) is 7. The molecule has 7 N–H and O–H groups in total. The summed E-state index contributed by atoms with van der Waals surface area (Å²) in [6.45, 7) is 2.32. The Balaban J connectivity index is 1.49. The number of halogens is 1. The van der Waals surface area contributed by atoms with Gasteiger partial charge in [0.15, 0.2) is 11.4 Å². The van der Waals surface area contributed by atoms with E-state index >= 15 is 0 Å². The number of aliphatic hydroxyl groups excluding tert-OH is 1. The van der Waals surface area contributed by atoms with Crippen LogP contribution in [0.25, 0.3) is 22.5 Å². The second kappa shape index (κ2) is 23.6. The molecule has 2 aromatic heterocycles. The van der Waals surface area contributed by atoms with Gasteiger partial charge < -0.3 is 24.5 Å². The highest BCUT2D eigenvalue weighted by Gasteiger charge is 2.29. The lowest BCUT2D eigenvalue weighted by molar-refractivity contribution is -0.492. The fourth-order valence-electron chi connectivity index (χ4n) is 5.62. The summed E-state index contributed by atoms with van der Waals surface area (Å²) >= 11 is 6.64. The number of aromatic amines is 1. The van der Waals surface area contributed by atoms with Crippen LogP contribution in [0.4, 0.5) is 0 Å². The van der Waals surface area contributed by atoms with E-state index in [1.165, 1.54) is 0 Å². The van der Waals surface area contributed by atoms with Crippen LogP contribution in [0.1, 0.15) is 80.2 Å². The predicted molar refractivity (Wildman–Crippen MR) is 195 cm³/mol. The zero-order chi connectivity index (χ0) is 40.3. The Kier molecular flexibility index (Phi) is 18.6. The molecule has 0 radical (unpaired) electrons. The van der Waals surface area contributed by atoms with Crippen molar-refractivity contribution in [1.82, 2.24) is 46.3 Å². The number of rotatable bonds is 26. The number of H-pyrrole nitrogens is 1. The number of aromatic nitrogens is 6. The van der Waals surface area contributed by atoms with Crippen molar-refractivity contribution >= 4 is 23.5 Å². The molecule has 0 aliphatic carbocycles. The number of carbonyl (C=O) groups is 2. The van der Waals surface area contributed by atoms with Gasteiger partial charge in [-0.25, -0.2) is 9.78 Å². The first kappa shape index (κ1) is 44.3. The minimum atomic E-state index is -1.29. The van der Waals surface area contributed by atoms with Crippen LogP contribution in [0.15, 0.2) is 48.5 Å². The highest BCUT2D eigenvalue weighted by atomic mass is 35.5. The SMILES string of the molecule is CCCCc1nc(Cl)c(C(=O)NC(CCC(O)OCCCCON(O)O)C(=O)OCCCCON(O)O)n1Cc1ccc(-c2ccccc2-c2nn[nH]n2)cc1. The lowest BCUT2D eigenvalue weighted by atomic mass is 9.98. The molecular formula is C35H48ClN9O11. The Morgan fingerprint density at radius 1 is 0.893 bits per heavy atom. The third kappa shape index (κ3) is 14.2. The van der Waals surface area contributed by atoms with E-state index in [2.05, 4.69) is 40.6 Å². The van der Waals surface area contributed by atoms with Crippen LogP contribution in [0.5, 0.6) is 0 Å². The van der Waals surface area contributed by atoms with Crippen LogP contribution in [0.3, 0.4) is 0 Å². The summed E-state index contributed by atoms with van der Waals surface area (Å²) in [5, 5.41) is 61.4. The van der Waals surface area contributed by atoms with Gasteiger partial charge in [0, 0.05) is 31.6 Å². The van der Waals surface area contributed by atoms with E-state index in [4.69, 9.17) is 41.9 Å². The molecule has 4 rings (SSSR count). The number of nitrogens with one attached hydrogen (secondary N) is 2. The van der Waals surface area contributed by atoms with Crippen LogP contribution in [0, 0.1) is 0 Å². The summed E-state index contributed by atoms with van der Waals surface area (Å²) in [6, 6.07) is 14.3. The minimum absolute atomic E-state index is 0.0124. The molecule has 0 bridgehead atoms. The standard InChI is InChI=1S/C35H48ClN9O11/c1-2-3-12-29-38-32(36)31(43(29)23-24-13-15-25(16-14-24)26-10-4-5-11-27(26)33-39-41-42-40-33)34(47)37-28(35(48)54-20-7-9-22-56-45(51)52)17-18-30(46)53-19-6-8-21-55-44(49)50/h4-5,10-11,13-16,28,30,46,49-52H,2-3,6-9,12,17-23H2,1H3,(H,37,47)(H,39,40,41,42). The molecule has 56 heavy (non-hydrogen) atoms. The molecule has 0 aliphatic rings. The average molecular weight is 806 g/mol. The zero-order valence-electron chi connectivity index (χ0n) is 30.9. The number of aryl methyl sites for hydroxylation is 1. The minimum Gasteiger partial charge on any atom is -0.464 e. The molecule has 2 aromatic carbocycles. The van der Waals surface area contributed by atoms with Crippen molar-refractivity contribution in [3.63, 3.8) is 0 Å². The summed E-state index contributed by atoms with van der Waals surface area (Å²) in [6.07, 6.45) is 2.30. The summed E-state index contributed by atoms with van der Waals surface area (Å²) < 4.78 is 12.6. The molecule has 0 saturated carbocycles. The first-order valence-electron chi connectivity index (χ1n) is 18.1. The molecule has 20 nitrogen and oxygen atoms in total. The Morgan fingerprint density at radius 2 is 1.55 bits per heavy atom. The predicted octanol–water partition coefficient (Wildman–Crippen LogP) is 4.12. The molecule has 4 aromatic rings. The molecular weight excluding hydrogens is 758 g/mol. The maximum Gasteiger partial charge on any atom is 0.328 e. The quantitative estimate of drug-likeness (QED) is 0.0204. The van der Waals surface area contributed by atoms with Gasteiger partial charge >= 0.3 is 5.97 Å². The molecule has 0 spiro atoms.